The van der Waals surface area contributed by atoms with Crippen molar-refractivity contribution in [1.82, 2.24) is 5.32 Å². The first-order valence-electron chi connectivity index (χ1n) is 6.59. The Balaban J connectivity index is 2.10. The van der Waals surface area contributed by atoms with Gasteiger partial charge in [0.2, 0.25) is 0 Å². The van der Waals surface area contributed by atoms with E-state index in [1.807, 2.05) is 31.3 Å². The van der Waals surface area contributed by atoms with Crippen LogP contribution in [-0.4, -0.2) is 24.1 Å². The molecule has 112 valence electrons. The maximum absolute atomic E-state index is 12.9. The van der Waals surface area contributed by atoms with Crippen LogP contribution < -0.4 is 10.1 Å². The Labute approximate surface area is 126 Å². The summed E-state index contributed by atoms with van der Waals surface area (Å²) < 4.78 is 30.4. The predicted octanol–water partition coefficient (Wildman–Crippen LogP) is 2.90. The van der Waals surface area contributed by atoms with Gasteiger partial charge in [0.25, 0.3) is 0 Å². The Kier molecular flexibility index (Phi) is 5.47. The number of rotatable bonds is 6. The normalized spacial score (nSPS) is 13.7. The number of halogens is 1. The Morgan fingerprint density at radius 3 is 2.29 bits per heavy atom. The van der Waals surface area contributed by atoms with Crippen molar-refractivity contribution in [2.75, 3.05) is 19.9 Å². The molecule has 0 saturated heterocycles. The number of hydrogen-bond acceptors (Lipinski definition) is 3. The molecular formula is C16H18FNO2S. The van der Waals surface area contributed by atoms with E-state index < -0.39 is 10.8 Å². The summed E-state index contributed by atoms with van der Waals surface area (Å²) in [7, 11) is 2.26. The highest BCUT2D eigenvalue weighted by Crippen LogP contribution is 2.20. The second-order valence-electron chi connectivity index (χ2n) is 4.58. The van der Waals surface area contributed by atoms with Gasteiger partial charge in [-0.15, -0.1) is 0 Å². The third kappa shape index (κ3) is 4.12. The standard InChI is InChI=1S/C16H18FNO2S/c1-18-16(12-3-7-14(20-2)8-4-12)11-21(19)15-9-5-13(17)6-10-15/h3-10,16,18H,11H2,1-2H3. The first-order valence-corrected chi connectivity index (χ1v) is 7.91. The predicted molar refractivity (Wildman–Crippen MR) is 82.5 cm³/mol. The zero-order valence-corrected chi connectivity index (χ0v) is 12.8. The van der Waals surface area contributed by atoms with E-state index in [2.05, 4.69) is 5.32 Å². The van der Waals surface area contributed by atoms with E-state index in [-0.39, 0.29) is 11.9 Å². The molecule has 0 saturated carbocycles. The summed E-state index contributed by atoms with van der Waals surface area (Å²) in [4.78, 5) is 0.630. The first kappa shape index (κ1) is 15.7. The Morgan fingerprint density at radius 2 is 1.76 bits per heavy atom. The van der Waals surface area contributed by atoms with E-state index in [1.54, 1.807) is 19.2 Å². The Hall–Kier alpha value is -1.72. The van der Waals surface area contributed by atoms with Crippen molar-refractivity contribution in [2.24, 2.45) is 0 Å². The molecule has 5 heteroatoms. The van der Waals surface area contributed by atoms with Gasteiger partial charge in [-0.2, -0.15) is 0 Å². The molecule has 2 rings (SSSR count). The number of hydrogen-bond donors (Lipinski definition) is 1. The van der Waals surface area contributed by atoms with E-state index in [1.165, 1.54) is 12.1 Å². The molecule has 2 atom stereocenters. The highest BCUT2D eigenvalue weighted by Gasteiger charge is 2.14. The summed E-state index contributed by atoms with van der Waals surface area (Å²) in [6, 6.07) is 13.4. The van der Waals surface area contributed by atoms with Crippen LogP contribution in [-0.2, 0) is 10.8 Å². The molecule has 0 aliphatic heterocycles. The summed E-state index contributed by atoms with van der Waals surface area (Å²) in [5, 5.41) is 3.16. The minimum Gasteiger partial charge on any atom is -0.497 e. The Morgan fingerprint density at radius 1 is 1.14 bits per heavy atom. The molecule has 2 aromatic rings. The molecule has 3 nitrogen and oxygen atoms in total. The van der Waals surface area contributed by atoms with Gasteiger partial charge in [-0.25, -0.2) is 4.39 Å². The van der Waals surface area contributed by atoms with Crippen molar-refractivity contribution in [1.29, 1.82) is 0 Å². The molecular weight excluding hydrogens is 289 g/mol. The third-order valence-corrected chi connectivity index (χ3v) is 4.70. The Bertz CT molecular complexity index is 599. The molecule has 0 aliphatic carbocycles. The quantitative estimate of drug-likeness (QED) is 0.892. The minimum absolute atomic E-state index is 0.0400. The van der Waals surface area contributed by atoms with Crippen molar-refractivity contribution >= 4 is 10.8 Å². The van der Waals surface area contributed by atoms with Crippen LogP contribution in [0.15, 0.2) is 53.4 Å². The van der Waals surface area contributed by atoms with Gasteiger partial charge in [-0.1, -0.05) is 12.1 Å². The summed E-state index contributed by atoms with van der Waals surface area (Å²) in [6.07, 6.45) is 0. The average molecular weight is 307 g/mol. The summed E-state index contributed by atoms with van der Waals surface area (Å²) in [6.45, 7) is 0. The molecule has 0 spiro atoms. The number of nitrogens with one attached hydrogen (secondary N) is 1. The van der Waals surface area contributed by atoms with Gasteiger partial charge in [0.1, 0.15) is 11.6 Å². The molecule has 1 N–H and O–H groups in total. The van der Waals surface area contributed by atoms with E-state index in [0.29, 0.717) is 10.6 Å². The van der Waals surface area contributed by atoms with Crippen LogP contribution in [0.1, 0.15) is 11.6 Å². The average Bonchev–Trinajstić information content (AvgIpc) is 2.53. The molecule has 2 unspecified atom stereocenters. The largest absolute Gasteiger partial charge is 0.497 e. The molecule has 0 heterocycles. The summed E-state index contributed by atoms with van der Waals surface area (Å²) in [5.74, 6) is 0.887. The molecule has 0 amide bonds. The topological polar surface area (TPSA) is 38.3 Å². The summed E-state index contributed by atoms with van der Waals surface area (Å²) >= 11 is 0. The van der Waals surface area contributed by atoms with Crippen LogP contribution in [0.3, 0.4) is 0 Å². The maximum Gasteiger partial charge on any atom is 0.123 e. The van der Waals surface area contributed by atoms with E-state index >= 15 is 0 Å². The lowest BCUT2D eigenvalue weighted by molar-refractivity contribution is 0.414. The molecule has 2 aromatic carbocycles. The van der Waals surface area contributed by atoms with Gasteiger partial charge in [0.05, 0.1) is 17.9 Å². The smallest absolute Gasteiger partial charge is 0.123 e. The molecule has 0 fully saturated rings. The lowest BCUT2D eigenvalue weighted by Crippen LogP contribution is -2.22. The minimum atomic E-state index is -1.19. The van der Waals surface area contributed by atoms with Crippen LogP contribution in [0.2, 0.25) is 0 Å². The van der Waals surface area contributed by atoms with Crippen LogP contribution in [0.25, 0.3) is 0 Å². The second kappa shape index (κ2) is 7.33. The third-order valence-electron chi connectivity index (χ3n) is 3.26. The lowest BCUT2D eigenvalue weighted by atomic mass is 10.1. The van der Waals surface area contributed by atoms with E-state index in [9.17, 15) is 8.60 Å². The van der Waals surface area contributed by atoms with Crippen LogP contribution >= 0.6 is 0 Å². The van der Waals surface area contributed by atoms with Crippen molar-refractivity contribution in [2.45, 2.75) is 10.9 Å². The molecule has 0 radical (unpaired) electrons. The molecule has 0 aromatic heterocycles. The first-order chi connectivity index (χ1) is 10.1. The SMILES string of the molecule is CNC(CS(=O)c1ccc(F)cc1)c1ccc(OC)cc1. The number of methoxy groups -OCH3 is 1. The van der Waals surface area contributed by atoms with Gasteiger partial charge in [-0.05, 0) is 49.0 Å². The van der Waals surface area contributed by atoms with E-state index in [4.69, 9.17) is 4.74 Å². The summed E-state index contributed by atoms with van der Waals surface area (Å²) in [5.41, 5.74) is 1.04. The zero-order valence-electron chi connectivity index (χ0n) is 12.0. The van der Waals surface area contributed by atoms with Crippen LogP contribution in [0, 0.1) is 5.82 Å². The molecule has 21 heavy (non-hydrogen) atoms. The fourth-order valence-electron chi connectivity index (χ4n) is 2.02. The molecule has 0 bridgehead atoms. The van der Waals surface area contributed by atoms with Crippen molar-refractivity contribution in [3.05, 3.63) is 59.9 Å². The number of ether oxygens (including phenoxy) is 1. The zero-order chi connectivity index (χ0) is 15.2. The fourth-order valence-corrected chi connectivity index (χ4v) is 3.31. The number of benzene rings is 2. The highest BCUT2D eigenvalue weighted by atomic mass is 32.2. The van der Waals surface area contributed by atoms with Gasteiger partial charge in [0.15, 0.2) is 0 Å². The van der Waals surface area contributed by atoms with E-state index in [0.717, 1.165) is 11.3 Å². The van der Waals surface area contributed by atoms with Gasteiger partial charge < -0.3 is 10.1 Å². The van der Waals surface area contributed by atoms with Crippen molar-refractivity contribution in [3.63, 3.8) is 0 Å². The van der Waals surface area contributed by atoms with Crippen LogP contribution in [0.5, 0.6) is 5.75 Å². The maximum atomic E-state index is 12.9. The van der Waals surface area contributed by atoms with Gasteiger partial charge >= 0.3 is 0 Å². The van der Waals surface area contributed by atoms with Gasteiger partial charge in [-0.3, -0.25) is 4.21 Å². The monoisotopic (exact) mass is 307 g/mol. The fraction of sp³-hybridized carbons (Fsp3) is 0.250. The second-order valence-corrected chi connectivity index (χ2v) is 6.08. The van der Waals surface area contributed by atoms with Crippen LogP contribution in [0.4, 0.5) is 4.39 Å². The highest BCUT2D eigenvalue weighted by molar-refractivity contribution is 7.85. The van der Waals surface area contributed by atoms with Crippen molar-refractivity contribution in [3.8, 4) is 5.75 Å². The lowest BCUT2D eigenvalue weighted by Gasteiger charge is -2.16. The van der Waals surface area contributed by atoms with Crippen molar-refractivity contribution < 1.29 is 13.3 Å². The molecule has 0 aliphatic rings. The van der Waals surface area contributed by atoms with Gasteiger partial charge in [0, 0.05) is 16.7 Å².